The fourth-order valence-electron chi connectivity index (χ4n) is 4.75. The average molecular weight is 643 g/mol. The fourth-order valence-corrected chi connectivity index (χ4v) is 4.88. The number of carbonyl (C=O) groups excluding carboxylic acids is 1. The number of amides is 1. The SMILES string of the molecule is Cl.Cl.O=C(c1cc(C(F)(F)F)cc(C(F)(F)F)c1)N1CCN(CCCc2cccnc2)CC1Cc1ccc(Cl)cc1. The van der Waals surface area contributed by atoms with Crippen LogP contribution in [-0.4, -0.2) is 52.9 Å². The van der Waals surface area contributed by atoms with Gasteiger partial charge in [0, 0.05) is 48.7 Å². The molecule has 1 unspecified atom stereocenters. The van der Waals surface area contributed by atoms with Gasteiger partial charge < -0.3 is 4.90 Å². The summed E-state index contributed by atoms with van der Waals surface area (Å²) in [6.07, 6.45) is -4.58. The molecule has 1 aromatic heterocycles. The third kappa shape index (κ3) is 9.49. The van der Waals surface area contributed by atoms with Crippen molar-refractivity contribution in [2.45, 2.75) is 37.7 Å². The minimum Gasteiger partial charge on any atom is -0.333 e. The molecule has 1 amide bonds. The van der Waals surface area contributed by atoms with Crippen molar-refractivity contribution < 1.29 is 31.1 Å². The van der Waals surface area contributed by atoms with Crippen LogP contribution in [0.4, 0.5) is 26.3 Å². The molecule has 4 rings (SSSR count). The van der Waals surface area contributed by atoms with E-state index in [0.717, 1.165) is 30.5 Å². The molecule has 3 aromatic rings. The molecule has 0 bridgehead atoms. The molecular formula is C28H28Cl3F6N3O. The predicted octanol–water partition coefficient (Wildman–Crippen LogP) is 7.62. The molecule has 1 atom stereocenters. The second-order valence-electron chi connectivity index (χ2n) is 9.54. The number of aromatic nitrogens is 1. The van der Waals surface area contributed by atoms with Gasteiger partial charge in [0.2, 0.25) is 0 Å². The number of hydrogen-bond donors (Lipinski definition) is 0. The van der Waals surface area contributed by atoms with Crippen LogP contribution in [0.5, 0.6) is 0 Å². The molecule has 41 heavy (non-hydrogen) atoms. The maximum atomic E-state index is 13.5. The van der Waals surface area contributed by atoms with Crippen LogP contribution < -0.4 is 0 Å². The maximum Gasteiger partial charge on any atom is 0.416 e. The number of aryl methyl sites for hydroxylation is 1. The zero-order valence-electron chi connectivity index (χ0n) is 21.6. The Bertz CT molecular complexity index is 1240. The molecule has 1 aliphatic rings. The lowest BCUT2D eigenvalue weighted by molar-refractivity contribution is -0.143. The molecule has 2 heterocycles. The van der Waals surface area contributed by atoms with Gasteiger partial charge in [0.05, 0.1) is 11.1 Å². The Morgan fingerprint density at radius 2 is 1.54 bits per heavy atom. The first-order chi connectivity index (χ1) is 18.4. The van der Waals surface area contributed by atoms with Crippen LogP contribution in [-0.2, 0) is 25.2 Å². The molecule has 2 aromatic carbocycles. The number of nitrogens with zero attached hydrogens (tertiary/aromatic N) is 3. The molecule has 224 valence electrons. The van der Waals surface area contributed by atoms with Gasteiger partial charge in [-0.25, -0.2) is 0 Å². The molecule has 0 radical (unpaired) electrons. The van der Waals surface area contributed by atoms with Crippen LogP contribution in [0.2, 0.25) is 5.02 Å². The fraction of sp³-hybridized carbons (Fsp3) is 0.357. The minimum absolute atomic E-state index is 0. The van der Waals surface area contributed by atoms with E-state index in [1.807, 2.05) is 12.1 Å². The molecule has 0 aliphatic carbocycles. The number of hydrogen-bond acceptors (Lipinski definition) is 3. The molecule has 13 heteroatoms. The quantitative estimate of drug-likeness (QED) is 0.249. The van der Waals surface area contributed by atoms with Gasteiger partial charge in [0.15, 0.2) is 0 Å². The third-order valence-corrected chi connectivity index (χ3v) is 6.96. The van der Waals surface area contributed by atoms with Crippen molar-refractivity contribution in [2.24, 2.45) is 0 Å². The average Bonchev–Trinajstić information content (AvgIpc) is 2.89. The smallest absolute Gasteiger partial charge is 0.333 e. The highest BCUT2D eigenvalue weighted by atomic mass is 35.5. The highest BCUT2D eigenvalue weighted by molar-refractivity contribution is 6.30. The van der Waals surface area contributed by atoms with Gasteiger partial charge >= 0.3 is 12.4 Å². The van der Waals surface area contributed by atoms with Gasteiger partial charge in [0.1, 0.15) is 0 Å². The minimum atomic E-state index is -5.04. The Kier molecular flexibility index (Phi) is 12.3. The Hall–Kier alpha value is -2.53. The number of halogens is 9. The second kappa shape index (κ2) is 14.6. The van der Waals surface area contributed by atoms with Gasteiger partial charge in [-0.2, -0.15) is 26.3 Å². The van der Waals surface area contributed by atoms with E-state index in [0.29, 0.717) is 36.7 Å². The van der Waals surface area contributed by atoms with Crippen molar-refractivity contribution in [3.63, 3.8) is 0 Å². The lowest BCUT2D eigenvalue weighted by Gasteiger charge is -2.42. The summed E-state index contributed by atoms with van der Waals surface area (Å²) in [5.41, 5.74) is -1.72. The number of benzene rings is 2. The van der Waals surface area contributed by atoms with Crippen molar-refractivity contribution in [3.8, 4) is 0 Å². The first-order valence-electron chi connectivity index (χ1n) is 12.4. The lowest BCUT2D eigenvalue weighted by atomic mass is 9.99. The van der Waals surface area contributed by atoms with E-state index >= 15 is 0 Å². The number of pyridine rings is 1. The van der Waals surface area contributed by atoms with Gasteiger partial charge in [-0.15, -0.1) is 24.8 Å². The molecule has 1 fully saturated rings. The molecule has 4 nitrogen and oxygen atoms in total. The summed E-state index contributed by atoms with van der Waals surface area (Å²) in [6, 6.07) is 11.4. The van der Waals surface area contributed by atoms with Crippen molar-refractivity contribution in [1.82, 2.24) is 14.8 Å². The van der Waals surface area contributed by atoms with Gasteiger partial charge in [0.25, 0.3) is 5.91 Å². The number of rotatable bonds is 7. The summed E-state index contributed by atoms with van der Waals surface area (Å²) < 4.78 is 80.5. The Balaban J connectivity index is 0.00000294. The zero-order chi connectivity index (χ0) is 28.2. The van der Waals surface area contributed by atoms with E-state index < -0.39 is 41.0 Å². The van der Waals surface area contributed by atoms with E-state index in [9.17, 15) is 31.1 Å². The summed E-state index contributed by atoms with van der Waals surface area (Å²) in [6.45, 7) is 1.75. The Labute approximate surface area is 251 Å². The topological polar surface area (TPSA) is 36.4 Å². The number of carbonyl (C=O) groups is 1. The van der Waals surface area contributed by atoms with Crippen molar-refractivity contribution in [2.75, 3.05) is 26.2 Å². The third-order valence-electron chi connectivity index (χ3n) is 6.71. The lowest BCUT2D eigenvalue weighted by Crippen LogP contribution is -2.56. The zero-order valence-corrected chi connectivity index (χ0v) is 24.0. The molecule has 1 aliphatic heterocycles. The van der Waals surface area contributed by atoms with Crippen LogP contribution >= 0.6 is 36.4 Å². The summed E-state index contributed by atoms with van der Waals surface area (Å²) in [7, 11) is 0. The monoisotopic (exact) mass is 641 g/mol. The van der Waals surface area contributed by atoms with Crippen LogP contribution in [0.25, 0.3) is 0 Å². The Morgan fingerprint density at radius 1 is 0.902 bits per heavy atom. The van der Waals surface area contributed by atoms with Crippen LogP contribution in [0.3, 0.4) is 0 Å². The highest BCUT2D eigenvalue weighted by Gasteiger charge is 2.39. The normalized spacial score (nSPS) is 16.1. The molecule has 0 spiro atoms. The summed E-state index contributed by atoms with van der Waals surface area (Å²) in [4.78, 5) is 21.1. The van der Waals surface area contributed by atoms with E-state index in [-0.39, 0.29) is 37.4 Å². The molecule has 0 N–H and O–H groups in total. The van der Waals surface area contributed by atoms with Gasteiger partial charge in [-0.3, -0.25) is 14.7 Å². The largest absolute Gasteiger partial charge is 0.416 e. The standard InChI is InChI=1S/C28H26ClF6N3O.2ClH/c29-24-7-5-19(6-8-24)13-25-18-37(10-2-4-20-3-1-9-36-17-20)11-12-38(25)26(39)21-14-22(27(30,31)32)16-23(15-21)28(33,34)35;;/h1,3,5-9,14-17,25H,2,4,10-13,18H2;2*1H. The van der Waals surface area contributed by atoms with E-state index in [2.05, 4.69) is 9.88 Å². The maximum absolute atomic E-state index is 13.5. The van der Waals surface area contributed by atoms with Crippen LogP contribution in [0.15, 0.2) is 67.0 Å². The summed E-state index contributed by atoms with van der Waals surface area (Å²) in [5.74, 6) is -0.861. The van der Waals surface area contributed by atoms with Crippen molar-refractivity contribution >= 4 is 42.3 Å². The highest BCUT2D eigenvalue weighted by Crippen LogP contribution is 2.37. The molecule has 0 saturated carbocycles. The summed E-state index contributed by atoms with van der Waals surface area (Å²) >= 11 is 5.99. The first kappa shape index (κ1) is 34.7. The predicted molar refractivity (Wildman–Crippen MR) is 150 cm³/mol. The number of piperazine rings is 1. The first-order valence-corrected chi connectivity index (χ1v) is 12.7. The Morgan fingerprint density at radius 3 is 2.10 bits per heavy atom. The van der Waals surface area contributed by atoms with Crippen LogP contribution in [0, 0.1) is 0 Å². The molecular weight excluding hydrogens is 615 g/mol. The van der Waals surface area contributed by atoms with Gasteiger partial charge in [-0.1, -0.05) is 29.8 Å². The van der Waals surface area contributed by atoms with Gasteiger partial charge in [-0.05, 0) is 73.3 Å². The van der Waals surface area contributed by atoms with E-state index in [4.69, 9.17) is 11.6 Å². The van der Waals surface area contributed by atoms with Crippen molar-refractivity contribution in [1.29, 1.82) is 0 Å². The van der Waals surface area contributed by atoms with E-state index in [1.165, 1.54) is 4.90 Å². The van der Waals surface area contributed by atoms with E-state index in [1.54, 1.807) is 36.7 Å². The molecule has 1 saturated heterocycles. The summed E-state index contributed by atoms with van der Waals surface area (Å²) in [5, 5.41) is 0.524. The second-order valence-corrected chi connectivity index (χ2v) is 9.98. The van der Waals surface area contributed by atoms with Crippen LogP contribution in [0.1, 0.15) is 39.0 Å². The van der Waals surface area contributed by atoms with Crippen molar-refractivity contribution in [3.05, 3.63) is 99.8 Å². The number of alkyl halides is 6.